The van der Waals surface area contributed by atoms with Crippen LogP contribution in [0.25, 0.3) is 6.08 Å². The summed E-state index contributed by atoms with van der Waals surface area (Å²) in [4.78, 5) is 30.5. The number of fused-ring (bicyclic) bond motifs is 2. The molecule has 3 heterocycles. The van der Waals surface area contributed by atoms with E-state index < -0.39 is 0 Å². The Morgan fingerprint density at radius 1 is 0.898 bits per heavy atom. The number of Topliss-reactive ketones (excluding diaryl/α,β-unsaturated/α-hetero) is 1. The summed E-state index contributed by atoms with van der Waals surface area (Å²) in [5.41, 5.74) is 15.4. The van der Waals surface area contributed by atoms with E-state index in [1.165, 1.54) is 55.6 Å². The largest absolute Gasteiger partial charge is 0.504 e. The molecule has 0 amide bonds. The summed E-state index contributed by atoms with van der Waals surface area (Å²) in [6.07, 6.45) is 19.8. The number of nitrogens with zero attached hydrogens (tertiary/aromatic N) is 1. The second-order valence-corrected chi connectivity index (χ2v) is 17.0. The average molecular weight is 795 g/mol. The van der Waals surface area contributed by atoms with Crippen LogP contribution in [0.1, 0.15) is 96.7 Å². The topological polar surface area (TPSA) is 127 Å². The lowest BCUT2D eigenvalue weighted by molar-refractivity contribution is -0.124. The van der Waals surface area contributed by atoms with Crippen molar-refractivity contribution in [3.05, 3.63) is 136 Å². The smallest absolute Gasteiger partial charge is 0.163 e. The van der Waals surface area contributed by atoms with Crippen molar-refractivity contribution in [3.63, 3.8) is 0 Å². The number of carbonyl (C=O) groups is 2. The Balaban J connectivity index is 0.926. The number of anilines is 1. The molecule has 3 aromatic carbocycles. The number of aryl methyl sites for hydroxylation is 4. The number of carbonyl (C=O) groups excluding carboxylic acids is 2. The maximum absolute atomic E-state index is 13.1. The Hall–Kier alpha value is -5.05. The number of nitrogens with two attached hydrogens (primary N) is 1. The first-order valence-electron chi connectivity index (χ1n) is 21.9. The lowest BCUT2D eigenvalue weighted by atomic mass is 9.64. The van der Waals surface area contributed by atoms with Crippen molar-refractivity contribution in [2.24, 2.45) is 17.8 Å². The number of nitrogens with one attached hydrogen (secondary N) is 2. The van der Waals surface area contributed by atoms with Crippen molar-refractivity contribution < 1.29 is 19.4 Å². The van der Waals surface area contributed by atoms with Gasteiger partial charge in [0.2, 0.25) is 0 Å². The van der Waals surface area contributed by atoms with Gasteiger partial charge in [0, 0.05) is 25.2 Å². The lowest BCUT2D eigenvalue weighted by Gasteiger charge is -2.47. The van der Waals surface area contributed by atoms with E-state index >= 15 is 0 Å². The van der Waals surface area contributed by atoms with Crippen LogP contribution in [0.4, 0.5) is 5.82 Å². The lowest BCUT2D eigenvalue weighted by Crippen LogP contribution is -2.52. The number of aromatic hydroxyl groups is 1. The van der Waals surface area contributed by atoms with Crippen molar-refractivity contribution in [1.29, 1.82) is 0 Å². The number of hydrogen-bond acceptors (Lipinski definition) is 8. The fourth-order valence-corrected chi connectivity index (χ4v) is 9.77. The highest BCUT2D eigenvalue weighted by Crippen LogP contribution is 2.42. The van der Waals surface area contributed by atoms with Crippen LogP contribution in [0.2, 0.25) is 0 Å². The van der Waals surface area contributed by atoms with Gasteiger partial charge in [-0.15, -0.1) is 0 Å². The highest BCUT2D eigenvalue weighted by Gasteiger charge is 2.41. The molecule has 0 spiro atoms. The van der Waals surface area contributed by atoms with Gasteiger partial charge in [0.1, 0.15) is 11.6 Å². The van der Waals surface area contributed by atoms with Crippen molar-refractivity contribution in [3.8, 4) is 11.5 Å². The van der Waals surface area contributed by atoms with Crippen molar-refractivity contribution >= 4 is 23.5 Å². The molecule has 3 aliphatic rings. The van der Waals surface area contributed by atoms with Gasteiger partial charge >= 0.3 is 0 Å². The van der Waals surface area contributed by atoms with Crippen molar-refractivity contribution in [2.45, 2.75) is 95.9 Å². The number of rotatable bonds is 19. The number of unbranched alkanes of at least 4 members (excludes halogenated alkanes) is 2. The molecular weight excluding hydrogens is 733 g/mol. The first-order valence-corrected chi connectivity index (χ1v) is 21.9. The summed E-state index contributed by atoms with van der Waals surface area (Å²) >= 11 is 0. The zero-order chi connectivity index (χ0) is 41.0. The van der Waals surface area contributed by atoms with Crippen LogP contribution in [-0.4, -0.2) is 54.4 Å². The normalized spacial score (nSPS) is 20.1. The number of ether oxygens (including phenoxy) is 1. The Labute approximate surface area is 350 Å². The number of benzene rings is 3. The van der Waals surface area contributed by atoms with Gasteiger partial charge in [-0.2, -0.15) is 0 Å². The van der Waals surface area contributed by atoms with Crippen LogP contribution in [0.5, 0.6) is 11.5 Å². The number of nitrogen functional groups attached to an aromatic ring is 1. The van der Waals surface area contributed by atoms with Crippen LogP contribution < -0.4 is 21.1 Å². The number of aromatic nitrogens is 1. The van der Waals surface area contributed by atoms with E-state index in [1.54, 1.807) is 30.0 Å². The van der Waals surface area contributed by atoms with Gasteiger partial charge < -0.3 is 26.2 Å². The van der Waals surface area contributed by atoms with Gasteiger partial charge in [-0.1, -0.05) is 85.2 Å². The third kappa shape index (κ3) is 11.6. The monoisotopic (exact) mass is 794 g/mol. The summed E-state index contributed by atoms with van der Waals surface area (Å²) in [7, 11) is 1.51. The molecule has 2 aliphatic heterocycles. The molecule has 2 saturated heterocycles. The molecule has 310 valence electrons. The number of phenols is 1. The molecule has 0 unspecified atom stereocenters. The van der Waals surface area contributed by atoms with Crippen molar-refractivity contribution in [1.82, 2.24) is 15.6 Å². The number of piperidine rings is 2. The molecule has 4 atom stereocenters. The van der Waals surface area contributed by atoms with Gasteiger partial charge in [0.05, 0.1) is 13.5 Å². The third-order valence-corrected chi connectivity index (χ3v) is 12.9. The molecule has 4 aromatic rings. The second kappa shape index (κ2) is 20.8. The van der Waals surface area contributed by atoms with E-state index in [0.29, 0.717) is 42.3 Å². The highest BCUT2D eigenvalue weighted by molar-refractivity contribution is 6.06. The Morgan fingerprint density at radius 3 is 2.53 bits per heavy atom. The summed E-state index contributed by atoms with van der Waals surface area (Å²) in [6, 6.07) is 25.2. The molecular formula is C51H62N4O4. The zero-order valence-corrected chi connectivity index (χ0v) is 34.8. The first kappa shape index (κ1) is 42.1. The fraction of sp³-hybridized carbons (Fsp3) is 0.431. The first-order chi connectivity index (χ1) is 28.8. The average Bonchev–Trinajstić information content (AvgIpc) is 3.25. The van der Waals surface area contributed by atoms with Crippen LogP contribution in [0.15, 0.2) is 96.7 Å². The number of allylic oxidation sites excluding steroid dienone is 1. The zero-order valence-electron chi connectivity index (χ0n) is 34.8. The second-order valence-electron chi connectivity index (χ2n) is 17.0. The summed E-state index contributed by atoms with van der Waals surface area (Å²) in [5.74, 6) is 2.62. The molecule has 1 aliphatic carbocycles. The molecule has 0 radical (unpaired) electrons. The minimum absolute atomic E-state index is 0.0160. The molecule has 2 fully saturated rings. The van der Waals surface area contributed by atoms with Gasteiger partial charge in [-0.05, 0) is 158 Å². The number of pyridine rings is 1. The predicted octanol–water partition coefficient (Wildman–Crippen LogP) is 8.57. The van der Waals surface area contributed by atoms with Crippen LogP contribution in [0.3, 0.4) is 0 Å². The van der Waals surface area contributed by atoms with Crippen LogP contribution in [0, 0.1) is 17.8 Å². The van der Waals surface area contributed by atoms with Gasteiger partial charge in [0.15, 0.2) is 17.3 Å². The minimum atomic E-state index is -0.226. The minimum Gasteiger partial charge on any atom is -0.504 e. The van der Waals surface area contributed by atoms with Crippen LogP contribution in [-0.2, 0) is 41.7 Å². The molecule has 8 nitrogen and oxygen atoms in total. The SMILES string of the molecule is COc1cc(/C=C/C(=O)CC(=O)CCCCC[C@H]2[C@H]3CCNC[C@@H]3C=C3CCCN[C@H]32)c(Cc2cnc(N)cc2CCc2cccc(CCc3ccccc3)c2)cc1O. The molecule has 1 aromatic heterocycles. The van der Waals surface area contributed by atoms with E-state index in [4.69, 9.17) is 10.5 Å². The molecule has 8 heteroatoms. The molecule has 5 N–H and O–H groups in total. The van der Waals surface area contributed by atoms with E-state index in [-0.39, 0.29) is 23.7 Å². The summed E-state index contributed by atoms with van der Waals surface area (Å²) in [6.45, 7) is 3.32. The number of methoxy groups -OCH3 is 1. The van der Waals surface area contributed by atoms with Crippen LogP contribution >= 0.6 is 0 Å². The fourth-order valence-electron chi connectivity index (χ4n) is 9.77. The van der Waals surface area contributed by atoms with E-state index in [2.05, 4.69) is 70.2 Å². The predicted molar refractivity (Wildman–Crippen MR) is 238 cm³/mol. The quantitative estimate of drug-likeness (QED) is 0.0322. The van der Waals surface area contributed by atoms with E-state index in [1.807, 2.05) is 12.1 Å². The molecule has 59 heavy (non-hydrogen) atoms. The Morgan fingerprint density at radius 2 is 1.69 bits per heavy atom. The van der Waals surface area contributed by atoms with E-state index in [9.17, 15) is 14.7 Å². The Kier molecular flexibility index (Phi) is 14.8. The standard InChI is InChI=1S/C51H62N4O4/c1-59-49-30-38(21-22-45(57)32-44(56)15-6-3-7-16-47-46-23-25-53-33-43(46)27-40-14-9-24-54-51(40)47)41(29-48(49)58)28-42-34-55-50(52)31-39(42)20-19-37-13-8-12-36(26-37)18-17-35-10-4-2-5-11-35/h2,4-5,8,10-13,21-22,26-27,29-31,34,43,46-47,51,53-54,58H,3,6-7,9,14-20,23-25,28,32-33H2,1H3,(H2,52,55)/b22-21+/t43-,46-,47-,51+/m0/s1. The van der Waals surface area contributed by atoms with Gasteiger partial charge in [0.25, 0.3) is 0 Å². The Bertz CT molecular complexity index is 2110. The highest BCUT2D eigenvalue weighted by atomic mass is 16.5. The maximum Gasteiger partial charge on any atom is 0.163 e. The van der Waals surface area contributed by atoms with Crippen molar-refractivity contribution in [2.75, 3.05) is 32.5 Å². The number of ketones is 2. The van der Waals surface area contributed by atoms with Gasteiger partial charge in [-0.3, -0.25) is 9.59 Å². The van der Waals surface area contributed by atoms with E-state index in [0.717, 1.165) is 92.8 Å². The third-order valence-electron chi connectivity index (χ3n) is 12.9. The number of hydrogen-bond donors (Lipinski definition) is 4. The summed E-state index contributed by atoms with van der Waals surface area (Å²) in [5, 5.41) is 18.2. The van der Waals surface area contributed by atoms with Gasteiger partial charge in [-0.25, -0.2) is 4.98 Å². The maximum atomic E-state index is 13.1. The molecule has 7 rings (SSSR count). The summed E-state index contributed by atoms with van der Waals surface area (Å²) < 4.78 is 5.44. The number of phenolic OH excluding ortho intramolecular Hbond substituents is 1. The molecule has 0 bridgehead atoms. The molecule has 0 saturated carbocycles.